The molecule has 1 atom stereocenters. The summed E-state index contributed by atoms with van der Waals surface area (Å²) >= 11 is 0. The molecule has 0 spiro atoms. The van der Waals surface area contributed by atoms with Crippen LogP contribution in [-0.4, -0.2) is 33.7 Å². The third kappa shape index (κ3) is 3.82. The van der Waals surface area contributed by atoms with E-state index in [2.05, 4.69) is 11.6 Å². The Hall–Kier alpha value is -1.32. The first-order chi connectivity index (χ1) is 13.2. The molecule has 3 aliphatic carbocycles. The van der Waals surface area contributed by atoms with E-state index in [-0.39, 0.29) is 5.91 Å². The second-order valence-corrected chi connectivity index (χ2v) is 9.27. The number of carbonyl (C=O) groups is 1. The van der Waals surface area contributed by atoms with Gasteiger partial charge in [-0.15, -0.1) is 0 Å². The highest BCUT2D eigenvalue weighted by Gasteiger charge is 2.33. The number of hydrogen-bond acceptors (Lipinski definition) is 2. The Labute approximate surface area is 164 Å². The summed E-state index contributed by atoms with van der Waals surface area (Å²) in [5.74, 6) is 0.824. The van der Waals surface area contributed by atoms with Gasteiger partial charge in [-0.25, -0.2) is 0 Å². The average Bonchev–Trinajstić information content (AvgIpc) is 3.13. The smallest absolute Gasteiger partial charge is 0.274 e. The number of hydrogen-bond donors (Lipinski definition) is 0. The fraction of sp³-hybridized carbons (Fsp3) is 0.826. The van der Waals surface area contributed by atoms with E-state index < -0.39 is 0 Å². The van der Waals surface area contributed by atoms with E-state index in [4.69, 9.17) is 5.10 Å². The van der Waals surface area contributed by atoms with E-state index in [0.717, 1.165) is 18.5 Å². The molecule has 1 amide bonds. The van der Waals surface area contributed by atoms with Crippen LogP contribution in [0, 0.1) is 5.92 Å². The van der Waals surface area contributed by atoms with Crippen LogP contribution in [0.1, 0.15) is 112 Å². The quantitative estimate of drug-likeness (QED) is 0.719. The Morgan fingerprint density at radius 2 is 1.59 bits per heavy atom. The number of aromatic nitrogens is 2. The van der Waals surface area contributed by atoms with Gasteiger partial charge in [0.25, 0.3) is 5.91 Å². The van der Waals surface area contributed by atoms with Gasteiger partial charge in [0.05, 0.1) is 6.04 Å². The summed E-state index contributed by atoms with van der Waals surface area (Å²) in [6.07, 6.45) is 17.6. The number of nitrogens with zero attached hydrogens (tertiary/aromatic N) is 3. The maximum atomic E-state index is 13.4. The van der Waals surface area contributed by atoms with Crippen molar-refractivity contribution in [3.8, 4) is 0 Å². The Morgan fingerprint density at radius 3 is 2.30 bits per heavy atom. The van der Waals surface area contributed by atoms with Crippen molar-refractivity contribution >= 4 is 5.91 Å². The van der Waals surface area contributed by atoms with Crippen LogP contribution in [0.2, 0.25) is 0 Å². The number of fused-ring (bicyclic) bond motifs is 1. The molecule has 0 unspecified atom stereocenters. The Bertz CT molecular complexity index is 653. The van der Waals surface area contributed by atoms with Crippen molar-refractivity contribution in [2.75, 3.05) is 7.05 Å². The number of amides is 1. The monoisotopic (exact) mass is 371 g/mol. The second kappa shape index (κ2) is 8.36. The van der Waals surface area contributed by atoms with Crippen LogP contribution in [0.5, 0.6) is 0 Å². The summed E-state index contributed by atoms with van der Waals surface area (Å²) in [5, 5.41) is 4.99. The van der Waals surface area contributed by atoms with Crippen molar-refractivity contribution in [1.29, 1.82) is 0 Å². The van der Waals surface area contributed by atoms with Gasteiger partial charge in [0, 0.05) is 24.3 Å². The third-order valence-electron chi connectivity index (χ3n) is 7.60. The number of rotatable bonds is 4. The largest absolute Gasteiger partial charge is 0.337 e. The van der Waals surface area contributed by atoms with Crippen LogP contribution in [0.15, 0.2) is 0 Å². The van der Waals surface area contributed by atoms with Crippen molar-refractivity contribution in [2.24, 2.45) is 5.92 Å². The van der Waals surface area contributed by atoms with Gasteiger partial charge in [-0.1, -0.05) is 38.5 Å². The fourth-order valence-corrected chi connectivity index (χ4v) is 5.71. The van der Waals surface area contributed by atoms with E-state index in [0.29, 0.717) is 18.0 Å². The minimum Gasteiger partial charge on any atom is -0.337 e. The summed E-state index contributed by atoms with van der Waals surface area (Å²) in [6, 6.07) is 0.838. The molecule has 150 valence electrons. The SMILES string of the molecule is C[C@H](C1CCCCC1)N(C)C(=O)c1nn(C2CCCCC2)c2c1CCCC2. The Kier molecular flexibility index (Phi) is 5.89. The zero-order valence-electron chi connectivity index (χ0n) is 17.4. The van der Waals surface area contributed by atoms with Crippen molar-refractivity contribution in [3.05, 3.63) is 17.0 Å². The highest BCUT2D eigenvalue weighted by Crippen LogP contribution is 2.34. The molecule has 0 aromatic carbocycles. The molecular formula is C23H37N3O. The molecule has 4 rings (SSSR count). The summed E-state index contributed by atoms with van der Waals surface area (Å²) in [6.45, 7) is 2.25. The molecule has 3 aliphatic rings. The predicted molar refractivity (Wildman–Crippen MR) is 109 cm³/mol. The van der Waals surface area contributed by atoms with Crippen LogP contribution < -0.4 is 0 Å². The predicted octanol–water partition coefficient (Wildman–Crippen LogP) is 5.31. The maximum absolute atomic E-state index is 13.4. The molecule has 2 fully saturated rings. The summed E-state index contributed by atoms with van der Waals surface area (Å²) < 4.78 is 2.29. The first-order valence-corrected chi connectivity index (χ1v) is 11.5. The molecule has 0 aliphatic heterocycles. The van der Waals surface area contributed by atoms with Gasteiger partial charge < -0.3 is 4.90 Å². The molecule has 0 bridgehead atoms. The molecule has 4 heteroatoms. The van der Waals surface area contributed by atoms with Crippen LogP contribution >= 0.6 is 0 Å². The van der Waals surface area contributed by atoms with E-state index in [1.165, 1.54) is 88.3 Å². The summed E-state index contributed by atoms with van der Waals surface area (Å²) in [7, 11) is 2.01. The molecule has 4 nitrogen and oxygen atoms in total. The van der Waals surface area contributed by atoms with Gasteiger partial charge in [0.1, 0.15) is 0 Å². The standard InChI is InChI=1S/C23H37N3O/c1-17(18-11-5-3-6-12-18)25(2)23(27)22-20-15-9-10-16-21(20)26(24-22)19-13-7-4-8-14-19/h17-19H,3-16H2,1-2H3/t17-/m1/s1. The third-order valence-corrected chi connectivity index (χ3v) is 7.60. The topological polar surface area (TPSA) is 38.1 Å². The maximum Gasteiger partial charge on any atom is 0.274 e. The first kappa shape index (κ1) is 19.0. The molecule has 1 aromatic heterocycles. The van der Waals surface area contributed by atoms with E-state index in [9.17, 15) is 4.79 Å². The molecule has 1 aromatic rings. The lowest BCUT2D eigenvalue weighted by Gasteiger charge is -2.34. The zero-order chi connectivity index (χ0) is 18.8. The Morgan fingerprint density at radius 1 is 0.963 bits per heavy atom. The molecule has 2 saturated carbocycles. The van der Waals surface area contributed by atoms with E-state index >= 15 is 0 Å². The van der Waals surface area contributed by atoms with Gasteiger partial charge in [0.2, 0.25) is 0 Å². The molecule has 0 saturated heterocycles. The second-order valence-electron chi connectivity index (χ2n) is 9.27. The van der Waals surface area contributed by atoms with Crippen LogP contribution in [0.3, 0.4) is 0 Å². The van der Waals surface area contributed by atoms with Crippen molar-refractivity contribution in [3.63, 3.8) is 0 Å². The van der Waals surface area contributed by atoms with Gasteiger partial charge in [0.15, 0.2) is 5.69 Å². The van der Waals surface area contributed by atoms with Crippen LogP contribution in [0.25, 0.3) is 0 Å². The lowest BCUT2D eigenvalue weighted by Crippen LogP contribution is -2.41. The summed E-state index contributed by atoms with van der Waals surface area (Å²) in [4.78, 5) is 15.5. The molecule has 27 heavy (non-hydrogen) atoms. The van der Waals surface area contributed by atoms with Crippen molar-refractivity contribution < 1.29 is 4.79 Å². The van der Waals surface area contributed by atoms with E-state index in [1.807, 2.05) is 11.9 Å². The molecular weight excluding hydrogens is 334 g/mol. The van der Waals surface area contributed by atoms with Gasteiger partial charge in [-0.2, -0.15) is 5.10 Å². The molecule has 1 heterocycles. The lowest BCUT2D eigenvalue weighted by atomic mass is 9.84. The van der Waals surface area contributed by atoms with Crippen LogP contribution in [-0.2, 0) is 12.8 Å². The molecule has 0 N–H and O–H groups in total. The molecule has 0 radical (unpaired) electrons. The Balaban J connectivity index is 1.58. The highest BCUT2D eigenvalue weighted by molar-refractivity contribution is 5.94. The normalized spacial score (nSPS) is 23.0. The van der Waals surface area contributed by atoms with Crippen molar-refractivity contribution in [2.45, 2.75) is 109 Å². The van der Waals surface area contributed by atoms with Gasteiger partial charge >= 0.3 is 0 Å². The average molecular weight is 372 g/mol. The first-order valence-electron chi connectivity index (χ1n) is 11.5. The minimum absolute atomic E-state index is 0.167. The minimum atomic E-state index is 0.167. The van der Waals surface area contributed by atoms with Gasteiger partial charge in [-0.3, -0.25) is 9.48 Å². The van der Waals surface area contributed by atoms with Crippen LogP contribution in [0.4, 0.5) is 0 Å². The zero-order valence-corrected chi connectivity index (χ0v) is 17.4. The lowest BCUT2D eigenvalue weighted by molar-refractivity contribution is 0.0657. The van der Waals surface area contributed by atoms with Crippen molar-refractivity contribution in [1.82, 2.24) is 14.7 Å². The van der Waals surface area contributed by atoms with Gasteiger partial charge in [-0.05, 0) is 64.2 Å². The summed E-state index contributed by atoms with van der Waals surface area (Å²) in [5.41, 5.74) is 3.44. The fourth-order valence-electron chi connectivity index (χ4n) is 5.71. The highest BCUT2D eigenvalue weighted by atomic mass is 16.2. The van der Waals surface area contributed by atoms with E-state index in [1.54, 1.807) is 0 Å². The number of carbonyl (C=O) groups excluding carboxylic acids is 1.